The van der Waals surface area contributed by atoms with Crippen molar-refractivity contribution in [2.24, 2.45) is 0 Å². The maximum atomic E-state index is 10.4. The van der Waals surface area contributed by atoms with Gasteiger partial charge in [-0.25, -0.2) is 0 Å². The van der Waals surface area contributed by atoms with Crippen LogP contribution in [0.3, 0.4) is 0 Å². The third kappa shape index (κ3) is 13.5. The second-order valence-electron chi connectivity index (χ2n) is 2.11. The van der Waals surface area contributed by atoms with Gasteiger partial charge < -0.3 is 39.9 Å². The Bertz CT molecular complexity index is 236. The van der Waals surface area contributed by atoms with Gasteiger partial charge in [0.2, 0.25) is 0 Å². The van der Waals surface area contributed by atoms with Gasteiger partial charge in [-0.05, 0) is 6.42 Å². The fourth-order valence-electron chi connectivity index (χ4n) is 0.596. The van der Waals surface area contributed by atoms with Crippen LogP contribution < -0.4 is 64.2 Å². The number of thioether (sulfide) groups is 1. The number of carbonyl (C=O) groups excluding carboxylic acids is 1. The van der Waals surface area contributed by atoms with Crippen LogP contribution in [0.25, 0.3) is 0 Å². The molecule has 0 aliphatic rings. The van der Waals surface area contributed by atoms with E-state index in [-0.39, 0.29) is 75.5 Å². The molecule has 0 aromatic rings. The molecule has 4 nitrogen and oxygen atoms in total. The Labute approximate surface area is 147 Å². The number of hydrogen-bond acceptors (Lipinski definition) is 6. The normalized spacial score (nSPS) is 10.4. The minimum Gasteiger partial charge on any atom is -0.549 e. The Kier molecular flexibility index (Phi) is 17.6. The molecule has 1 atom stereocenters. The van der Waals surface area contributed by atoms with Gasteiger partial charge in [0.25, 0.3) is 0 Å². The molecule has 0 heterocycles. The molecular formula is C6H6Na2O4S3. The van der Waals surface area contributed by atoms with Crippen LogP contribution in [0.5, 0.6) is 0 Å². The van der Waals surface area contributed by atoms with E-state index in [1.54, 1.807) is 0 Å². The van der Waals surface area contributed by atoms with Gasteiger partial charge in [-0.1, -0.05) is 3.53 Å². The zero-order valence-electron chi connectivity index (χ0n) is 8.39. The smallest absolute Gasteiger partial charge is 0.549 e. The molecule has 0 spiro atoms. The van der Waals surface area contributed by atoms with Crippen molar-refractivity contribution in [1.82, 2.24) is 0 Å². The molecule has 0 saturated carbocycles. The third-order valence-electron chi connectivity index (χ3n) is 1.12. The Morgan fingerprint density at radius 2 is 1.93 bits per heavy atom. The summed E-state index contributed by atoms with van der Waals surface area (Å²) in [6, 6.07) is 0. The average molecular weight is 284 g/mol. The Hall–Kier alpha value is 1.60. The molecule has 74 valence electrons. The SMILES string of the molecule is O=C(O)CCC(SC(=S)[S-])C(=O)[O-].[Na+].[Na+]. The zero-order chi connectivity index (χ0) is 10.4. The summed E-state index contributed by atoms with van der Waals surface area (Å²) in [6.07, 6.45) is -0.261. The van der Waals surface area contributed by atoms with Crippen LogP contribution in [0.15, 0.2) is 0 Å². The quantitative estimate of drug-likeness (QED) is 0.306. The number of hydrogen-bond donors (Lipinski definition) is 1. The molecule has 0 aromatic heterocycles. The maximum absolute atomic E-state index is 10.4. The topological polar surface area (TPSA) is 77.4 Å². The third-order valence-corrected chi connectivity index (χ3v) is 2.60. The van der Waals surface area contributed by atoms with E-state index >= 15 is 0 Å². The molecule has 1 N–H and O–H groups in total. The van der Waals surface area contributed by atoms with Gasteiger partial charge in [0, 0.05) is 11.7 Å². The molecule has 0 rings (SSSR count). The molecule has 0 aliphatic heterocycles. The van der Waals surface area contributed by atoms with E-state index in [1.807, 2.05) is 0 Å². The van der Waals surface area contributed by atoms with Crippen molar-refractivity contribution in [3.8, 4) is 0 Å². The van der Waals surface area contributed by atoms with Crippen molar-refractivity contribution >= 4 is 52.1 Å². The molecule has 9 heteroatoms. The van der Waals surface area contributed by atoms with Crippen LogP contribution in [0.1, 0.15) is 12.8 Å². The average Bonchev–Trinajstić information content (AvgIpc) is 1.96. The van der Waals surface area contributed by atoms with Crippen LogP contribution >= 0.6 is 24.0 Å². The Morgan fingerprint density at radius 1 is 1.47 bits per heavy atom. The van der Waals surface area contributed by atoms with Crippen LogP contribution in [0.2, 0.25) is 0 Å². The molecule has 0 saturated heterocycles. The van der Waals surface area contributed by atoms with Crippen molar-refractivity contribution in [1.29, 1.82) is 0 Å². The predicted octanol–water partition coefficient (Wildman–Crippen LogP) is -6.46. The van der Waals surface area contributed by atoms with Crippen LogP contribution in [0, 0.1) is 0 Å². The standard InChI is InChI=1S/C6H8O4S3.2Na/c7-4(8)2-1-3(5(9)10)13-6(11)12;;/h3H,1-2H2,(H,7,8)(H,9,10)(H,11,12);;/q;2*+1/p-2. The van der Waals surface area contributed by atoms with E-state index in [9.17, 15) is 14.7 Å². The molecule has 0 bridgehead atoms. The van der Waals surface area contributed by atoms with E-state index in [2.05, 4.69) is 24.8 Å². The van der Waals surface area contributed by atoms with Gasteiger partial charge >= 0.3 is 65.1 Å². The number of carbonyl (C=O) groups is 2. The molecule has 15 heavy (non-hydrogen) atoms. The van der Waals surface area contributed by atoms with Crippen molar-refractivity contribution in [3.05, 3.63) is 0 Å². The minimum absolute atomic E-state index is 0. The number of carboxylic acid groups (broad SMARTS) is 2. The number of rotatable bonds is 5. The Morgan fingerprint density at radius 3 is 2.20 bits per heavy atom. The monoisotopic (exact) mass is 284 g/mol. The molecule has 0 radical (unpaired) electrons. The summed E-state index contributed by atoms with van der Waals surface area (Å²) >= 11 is 9.79. The summed E-state index contributed by atoms with van der Waals surface area (Å²) in [5.74, 6) is -2.39. The van der Waals surface area contributed by atoms with E-state index in [0.29, 0.717) is 0 Å². The van der Waals surface area contributed by atoms with Gasteiger partial charge in [0.15, 0.2) is 0 Å². The summed E-state index contributed by atoms with van der Waals surface area (Å²) in [5.41, 5.74) is 0. The van der Waals surface area contributed by atoms with Gasteiger partial charge in [-0.3, -0.25) is 4.79 Å². The van der Waals surface area contributed by atoms with Crippen molar-refractivity contribution in [2.75, 3.05) is 0 Å². The second-order valence-corrected chi connectivity index (χ2v) is 4.91. The van der Waals surface area contributed by atoms with Gasteiger partial charge in [-0.2, -0.15) is 0 Å². The number of carboxylic acids is 2. The molecule has 0 aromatic carbocycles. The van der Waals surface area contributed by atoms with E-state index in [1.165, 1.54) is 0 Å². The Balaban J connectivity index is -0.000000720. The number of thiocarbonyl (C=S) groups is 1. The first kappa shape index (κ1) is 21.8. The molecule has 0 fully saturated rings. The first-order chi connectivity index (χ1) is 5.93. The summed E-state index contributed by atoms with van der Waals surface area (Å²) in [7, 11) is 0. The molecule has 1 unspecified atom stereocenters. The number of aliphatic carboxylic acids is 2. The second kappa shape index (κ2) is 12.1. The van der Waals surface area contributed by atoms with Crippen LogP contribution in [0.4, 0.5) is 0 Å². The first-order valence-corrected chi connectivity index (χ1v) is 4.93. The van der Waals surface area contributed by atoms with Crippen LogP contribution in [-0.2, 0) is 22.2 Å². The van der Waals surface area contributed by atoms with E-state index < -0.39 is 17.2 Å². The van der Waals surface area contributed by atoms with Crippen molar-refractivity contribution in [3.63, 3.8) is 0 Å². The predicted molar refractivity (Wildman–Crippen MR) is 53.2 cm³/mol. The van der Waals surface area contributed by atoms with Gasteiger partial charge in [0.05, 0.1) is 5.97 Å². The van der Waals surface area contributed by atoms with Crippen LogP contribution in [-0.4, -0.2) is 25.8 Å². The summed E-state index contributed by atoms with van der Waals surface area (Å²) in [4.78, 5) is 20.5. The molecule has 0 amide bonds. The zero-order valence-corrected chi connectivity index (χ0v) is 14.8. The first-order valence-electron chi connectivity index (χ1n) is 3.23. The summed E-state index contributed by atoms with van der Waals surface area (Å²) in [6.45, 7) is 0. The fraction of sp³-hybridized carbons (Fsp3) is 0.500. The fourth-order valence-corrected chi connectivity index (χ4v) is 1.86. The van der Waals surface area contributed by atoms with Gasteiger partial charge in [-0.15, -0.1) is 11.8 Å². The summed E-state index contributed by atoms with van der Waals surface area (Å²) in [5, 5.41) is 17.8. The van der Waals surface area contributed by atoms with Crippen molar-refractivity contribution < 1.29 is 78.9 Å². The largest absolute Gasteiger partial charge is 1.00 e. The molecular weight excluding hydrogens is 278 g/mol. The van der Waals surface area contributed by atoms with Crippen molar-refractivity contribution in [2.45, 2.75) is 18.1 Å². The van der Waals surface area contributed by atoms with E-state index in [4.69, 9.17) is 5.11 Å². The maximum Gasteiger partial charge on any atom is 1.00 e. The summed E-state index contributed by atoms with van der Waals surface area (Å²) < 4.78 is 0.0552. The minimum atomic E-state index is -1.33. The van der Waals surface area contributed by atoms with E-state index in [0.717, 1.165) is 11.8 Å². The molecule has 0 aliphatic carbocycles. The van der Waals surface area contributed by atoms with Gasteiger partial charge in [0.1, 0.15) is 0 Å².